The molecule has 0 aliphatic carbocycles. The number of Topliss-reactive ketones (excluding diaryl/α,β-unsaturated/α-hetero) is 1. The minimum atomic E-state index is -4.83. The first kappa shape index (κ1) is 11.5. The minimum Gasteiger partial charge on any atom is -0.495 e. The third-order valence-corrected chi connectivity index (χ3v) is 1.71. The number of hydrogen-bond acceptors (Lipinski definition) is 3. The zero-order valence-electron chi connectivity index (χ0n) is 7.84. The predicted octanol–water partition coefficient (Wildman–Crippen LogP) is 1.76. The molecular formula is C9H8F3NO2. The lowest BCUT2D eigenvalue weighted by Gasteiger charge is -2.07. The fourth-order valence-electron chi connectivity index (χ4n) is 0.994. The molecule has 0 fully saturated rings. The van der Waals surface area contributed by atoms with Gasteiger partial charge in [-0.15, -0.1) is 0 Å². The molecule has 15 heavy (non-hydrogen) atoms. The smallest absolute Gasteiger partial charge is 0.450 e. The quantitative estimate of drug-likeness (QED) is 0.777. The van der Waals surface area contributed by atoms with Gasteiger partial charge in [-0.05, 0) is 12.1 Å². The summed E-state index contributed by atoms with van der Waals surface area (Å²) in [6.45, 7) is 0. The second-order valence-electron chi connectivity index (χ2n) is 2.75. The first-order valence-electron chi connectivity index (χ1n) is 4.03. The summed E-state index contributed by atoms with van der Waals surface area (Å²) in [5, 5.41) is 0. The minimum absolute atomic E-state index is 0.0117. The molecule has 0 atom stereocenters. The van der Waals surface area contributed by atoms with Gasteiger partial charge in [0.2, 0.25) is 5.78 Å². The molecule has 6 heteroatoms. The Hall–Kier alpha value is -1.59. The molecule has 1 aromatic heterocycles. The monoisotopic (exact) mass is 219 g/mol. The van der Waals surface area contributed by atoms with Gasteiger partial charge in [0.05, 0.1) is 19.2 Å². The first-order chi connectivity index (χ1) is 6.95. The maximum atomic E-state index is 12.0. The van der Waals surface area contributed by atoms with Crippen molar-refractivity contribution in [3.05, 3.63) is 24.0 Å². The molecule has 0 radical (unpaired) electrons. The highest BCUT2D eigenvalue weighted by Crippen LogP contribution is 2.21. The Morgan fingerprint density at radius 1 is 1.53 bits per heavy atom. The molecule has 1 aromatic rings. The van der Waals surface area contributed by atoms with Crippen LogP contribution in [0.1, 0.15) is 5.69 Å². The number of carbonyl (C=O) groups is 1. The molecule has 0 saturated heterocycles. The van der Waals surface area contributed by atoms with Gasteiger partial charge in [0, 0.05) is 6.20 Å². The van der Waals surface area contributed by atoms with E-state index < -0.39 is 18.4 Å². The lowest BCUT2D eigenvalue weighted by Crippen LogP contribution is -2.25. The third-order valence-electron chi connectivity index (χ3n) is 1.71. The molecule has 0 aliphatic heterocycles. The van der Waals surface area contributed by atoms with E-state index in [0.717, 1.165) is 0 Å². The summed E-state index contributed by atoms with van der Waals surface area (Å²) in [4.78, 5) is 14.3. The summed E-state index contributed by atoms with van der Waals surface area (Å²) in [5.41, 5.74) is -0.0117. The van der Waals surface area contributed by atoms with Crippen molar-refractivity contribution < 1.29 is 22.7 Å². The highest BCUT2D eigenvalue weighted by atomic mass is 19.4. The zero-order valence-corrected chi connectivity index (χ0v) is 7.84. The number of nitrogens with zero attached hydrogens (tertiary/aromatic N) is 1. The molecular weight excluding hydrogens is 211 g/mol. The Labute approximate surface area is 83.9 Å². The van der Waals surface area contributed by atoms with Crippen LogP contribution in [0.4, 0.5) is 13.2 Å². The van der Waals surface area contributed by atoms with Crippen molar-refractivity contribution in [2.75, 3.05) is 7.11 Å². The van der Waals surface area contributed by atoms with E-state index in [-0.39, 0.29) is 11.4 Å². The average molecular weight is 219 g/mol. The average Bonchev–Trinajstić information content (AvgIpc) is 2.17. The van der Waals surface area contributed by atoms with E-state index in [2.05, 4.69) is 4.98 Å². The molecule has 1 rings (SSSR count). The summed E-state index contributed by atoms with van der Waals surface area (Å²) >= 11 is 0. The van der Waals surface area contributed by atoms with Crippen LogP contribution in [0, 0.1) is 0 Å². The van der Waals surface area contributed by atoms with Crippen molar-refractivity contribution in [3.8, 4) is 5.75 Å². The molecule has 0 amide bonds. The van der Waals surface area contributed by atoms with E-state index in [4.69, 9.17) is 4.74 Å². The third kappa shape index (κ3) is 2.93. The van der Waals surface area contributed by atoms with Crippen LogP contribution in [0.5, 0.6) is 5.75 Å². The molecule has 82 valence electrons. The Kier molecular flexibility index (Phi) is 3.28. The number of aromatic nitrogens is 1. The van der Waals surface area contributed by atoms with E-state index in [1.807, 2.05) is 0 Å². The summed E-state index contributed by atoms with van der Waals surface area (Å²) in [5.74, 6) is -1.66. The number of rotatable bonds is 3. The number of ketones is 1. The molecule has 0 unspecified atom stereocenters. The highest BCUT2D eigenvalue weighted by molar-refractivity contribution is 5.86. The number of pyridine rings is 1. The van der Waals surface area contributed by atoms with Gasteiger partial charge in [0.25, 0.3) is 0 Å². The Morgan fingerprint density at radius 3 is 2.73 bits per heavy atom. The van der Waals surface area contributed by atoms with Crippen molar-refractivity contribution in [1.82, 2.24) is 4.98 Å². The van der Waals surface area contributed by atoms with E-state index in [9.17, 15) is 18.0 Å². The highest BCUT2D eigenvalue weighted by Gasteiger charge is 2.38. The standard InChI is InChI=1S/C9H8F3NO2/c1-15-7-3-2-4-13-6(7)5-8(14)9(10,11)12/h2-4H,5H2,1H3. The number of alkyl halides is 3. The van der Waals surface area contributed by atoms with Crippen LogP contribution in [-0.2, 0) is 11.2 Å². The number of halogens is 3. The second kappa shape index (κ2) is 4.29. The van der Waals surface area contributed by atoms with E-state index in [0.29, 0.717) is 0 Å². The van der Waals surface area contributed by atoms with E-state index in [1.165, 1.54) is 25.4 Å². The maximum absolute atomic E-state index is 12.0. The van der Waals surface area contributed by atoms with Gasteiger partial charge in [-0.2, -0.15) is 13.2 Å². The van der Waals surface area contributed by atoms with Gasteiger partial charge in [-0.3, -0.25) is 9.78 Å². The molecule has 0 aliphatic rings. The molecule has 1 heterocycles. The van der Waals surface area contributed by atoms with Crippen LogP contribution in [0.15, 0.2) is 18.3 Å². The largest absolute Gasteiger partial charge is 0.495 e. The zero-order chi connectivity index (χ0) is 11.5. The predicted molar refractivity (Wildman–Crippen MR) is 45.6 cm³/mol. The molecule has 0 spiro atoms. The van der Waals surface area contributed by atoms with Crippen LogP contribution >= 0.6 is 0 Å². The fourth-order valence-corrected chi connectivity index (χ4v) is 0.994. The molecule has 0 bridgehead atoms. The number of hydrogen-bond donors (Lipinski definition) is 0. The van der Waals surface area contributed by atoms with Gasteiger partial charge in [-0.25, -0.2) is 0 Å². The lowest BCUT2D eigenvalue weighted by molar-refractivity contribution is -0.170. The van der Waals surface area contributed by atoms with Crippen LogP contribution in [0.3, 0.4) is 0 Å². The summed E-state index contributed by atoms with van der Waals surface area (Å²) in [6.07, 6.45) is -4.32. The van der Waals surface area contributed by atoms with E-state index >= 15 is 0 Å². The molecule has 0 saturated carbocycles. The normalized spacial score (nSPS) is 11.2. The molecule has 0 aromatic carbocycles. The van der Waals surface area contributed by atoms with E-state index in [1.54, 1.807) is 0 Å². The van der Waals surface area contributed by atoms with Gasteiger partial charge in [-0.1, -0.05) is 0 Å². The lowest BCUT2D eigenvalue weighted by atomic mass is 10.2. The van der Waals surface area contributed by atoms with Crippen LogP contribution in [-0.4, -0.2) is 24.1 Å². The summed E-state index contributed by atoms with van der Waals surface area (Å²) in [7, 11) is 1.30. The number of ether oxygens (including phenoxy) is 1. The molecule has 3 nitrogen and oxygen atoms in total. The topological polar surface area (TPSA) is 39.2 Å². The Bertz CT molecular complexity index is 363. The Morgan fingerprint density at radius 2 is 2.20 bits per heavy atom. The van der Waals surface area contributed by atoms with Crippen molar-refractivity contribution in [2.45, 2.75) is 12.6 Å². The fraction of sp³-hybridized carbons (Fsp3) is 0.333. The Balaban J connectivity index is 2.85. The van der Waals surface area contributed by atoms with Crippen LogP contribution < -0.4 is 4.74 Å². The number of carbonyl (C=O) groups excluding carboxylic acids is 1. The van der Waals surface area contributed by atoms with Crippen molar-refractivity contribution in [1.29, 1.82) is 0 Å². The van der Waals surface area contributed by atoms with Crippen molar-refractivity contribution >= 4 is 5.78 Å². The SMILES string of the molecule is COc1cccnc1CC(=O)C(F)(F)F. The van der Waals surface area contributed by atoms with Crippen LogP contribution in [0.2, 0.25) is 0 Å². The second-order valence-corrected chi connectivity index (χ2v) is 2.75. The van der Waals surface area contributed by atoms with Crippen LogP contribution in [0.25, 0.3) is 0 Å². The first-order valence-corrected chi connectivity index (χ1v) is 4.03. The van der Waals surface area contributed by atoms with Crippen molar-refractivity contribution in [2.24, 2.45) is 0 Å². The molecule has 0 N–H and O–H groups in total. The number of methoxy groups -OCH3 is 1. The summed E-state index contributed by atoms with van der Waals surface area (Å²) in [6, 6.07) is 2.96. The van der Waals surface area contributed by atoms with Gasteiger partial charge in [0.1, 0.15) is 5.75 Å². The van der Waals surface area contributed by atoms with Gasteiger partial charge < -0.3 is 4.74 Å². The van der Waals surface area contributed by atoms with Crippen molar-refractivity contribution in [3.63, 3.8) is 0 Å². The van der Waals surface area contributed by atoms with Gasteiger partial charge >= 0.3 is 6.18 Å². The summed E-state index contributed by atoms with van der Waals surface area (Å²) < 4.78 is 40.6. The van der Waals surface area contributed by atoms with Gasteiger partial charge in [0.15, 0.2) is 0 Å². The maximum Gasteiger partial charge on any atom is 0.450 e.